The highest BCUT2D eigenvalue weighted by Gasteiger charge is 2.13. The molecule has 5 nitrogen and oxygen atoms in total. The second-order valence-corrected chi connectivity index (χ2v) is 5.94. The number of ether oxygens (including phenoxy) is 1. The largest absolute Gasteiger partial charge is 0.372 e. The van der Waals surface area contributed by atoms with Crippen LogP contribution in [-0.4, -0.2) is 28.6 Å². The first-order valence-corrected chi connectivity index (χ1v) is 7.96. The average molecular weight is 306 g/mol. The highest BCUT2D eigenvalue weighted by molar-refractivity contribution is 7.09. The molecule has 0 aliphatic heterocycles. The lowest BCUT2D eigenvalue weighted by Gasteiger charge is -2.18. The Hall–Kier alpha value is -1.53. The van der Waals surface area contributed by atoms with Crippen molar-refractivity contribution in [3.05, 3.63) is 33.7 Å². The van der Waals surface area contributed by atoms with Crippen molar-refractivity contribution >= 4 is 17.2 Å². The van der Waals surface area contributed by atoms with Crippen LogP contribution >= 0.6 is 11.3 Å². The van der Waals surface area contributed by atoms with E-state index in [9.17, 15) is 0 Å². The third-order valence-electron chi connectivity index (χ3n) is 3.15. The Balaban J connectivity index is 2.09. The topological polar surface area (TPSA) is 51.1 Å². The van der Waals surface area contributed by atoms with E-state index in [1.165, 1.54) is 0 Å². The Bertz CT molecular complexity index is 599. The predicted molar refractivity (Wildman–Crippen MR) is 85.8 cm³/mol. The zero-order valence-electron chi connectivity index (χ0n) is 13.3. The normalized spacial score (nSPS) is 12.4. The zero-order chi connectivity index (χ0) is 15.4. The fourth-order valence-corrected chi connectivity index (χ4v) is 2.92. The van der Waals surface area contributed by atoms with Gasteiger partial charge in [-0.05, 0) is 27.7 Å². The highest BCUT2D eigenvalue weighted by atomic mass is 32.1. The van der Waals surface area contributed by atoms with E-state index >= 15 is 0 Å². The van der Waals surface area contributed by atoms with E-state index in [0.29, 0.717) is 13.2 Å². The fraction of sp³-hybridized carbons (Fsp3) is 0.533. The van der Waals surface area contributed by atoms with Crippen LogP contribution in [0.1, 0.15) is 42.0 Å². The number of nitrogens with zero attached hydrogens (tertiary/aromatic N) is 4. The molecule has 0 saturated carbocycles. The molecule has 0 saturated heterocycles. The van der Waals surface area contributed by atoms with E-state index in [2.05, 4.69) is 25.2 Å². The van der Waals surface area contributed by atoms with E-state index < -0.39 is 0 Å². The molecule has 0 bridgehead atoms. The Labute approximate surface area is 130 Å². The van der Waals surface area contributed by atoms with Gasteiger partial charge in [0, 0.05) is 25.2 Å². The van der Waals surface area contributed by atoms with Gasteiger partial charge in [0.2, 0.25) is 0 Å². The van der Waals surface area contributed by atoms with Gasteiger partial charge in [0.1, 0.15) is 16.9 Å². The number of thiazole rings is 1. The number of anilines is 1. The average Bonchev–Trinajstić information content (AvgIpc) is 2.90. The number of aryl methyl sites for hydroxylation is 2. The predicted octanol–water partition coefficient (Wildman–Crippen LogP) is 3.28. The summed E-state index contributed by atoms with van der Waals surface area (Å²) in [6, 6.07) is 0. The van der Waals surface area contributed by atoms with Gasteiger partial charge in [0.25, 0.3) is 0 Å². The second-order valence-electron chi connectivity index (χ2n) is 5.05. The van der Waals surface area contributed by atoms with Gasteiger partial charge in [0.15, 0.2) is 0 Å². The van der Waals surface area contributed by atoms with Crippen molar-refractivity contribution < 1.29 is 4.74 Å². The maximum absolute atomic E-state index is 5.58. The van der Waals surface area contributed by atoms with Crippen LogP contribution in [0.3, 0.4) is 0 Å². The summed E-state index contributed by atoms with van der Waals surface area (Å²) in [5.41, 5.74) is 2.89. The lowest BCUT2D eigenvalue weighted by molar-refractivity contribution is 0.0761. The maximum Gasteiger partial charge on any atom is 0.150 e. The summed E-state index contributed by atoms with van der Waals surface area (Å²) in [4.78, 5) is 15.6. The van der Waals surface area contributed by atoms with Crippen LogP contribution in [0.4, 0.5) is 5.82 Å². The van der Waals surface area contributed by atoms with Gasteiger partial charge in [0.05, 0.1) is 23.6 Å². The van der Waals surface area contributed by atoms with Crippen molar-refractivity contribution in [1.82, 2.24) is 15.0 Å². The van der Waals surface area contributed by atoms with Gasteiger partial charge in [-0.2, -0.15) is 0 Å². The minimum Gasteiger partial charge on any atom is -0.372 e. The second kappa shape index (κ2) is 6.95. The van der Waals surface area contributed by atoms with Crippen LogP contribution in [-0.2, 0) is 11.3 Å². The van der Waals surface area contributed by atoms with Crippen LogP contribution < -0.4 is 4.90 Å². The minimum absolute atomic E-state index is 0.0551. The monoisotopic (exact) mass is 306 g/mol. The molecule has 0 aromatic carbocycles. The molecule has 114 valence electrons. The molecule has 2 aromatic rings. The van der Waals surface area contributed by atoms with Crippen LogP contribution in [0.5, 0.6) is 0 Å². The smallest absolute Gasteiger partial charge is 0.150 e. The van der Waals surface area contributed by atoms with Gasteiger partial charge >= 0.3 is 0 Å². The van der Waals surface area contributed by atoms with Crippen LogP contribution in [0.25, 0.3) is 0 Å². The molecule has 1 atom stereocenters. The summed E-state index contributed by atoms with van der Waals surface area (Å²) >= 11 is 1.64. The molecular formula is C15H22N4OS. The van der Waals surface area contributed by atoms with E-state index in [0.717, 1.165) is 27.9 Å². The molecule has 0 spiro atoms. The van der Waals surface area contributed by atoms with Crippen molar-refractivity contribution in [3.63, 3.8) is 0 Å². The van der Waals surface area contributed by atoms with Crippen molar-refractivity contribution in [3.8, 4) is 0 Å². The molecular weight excluding hydrogens is 284 g/mol. The molecule has 2 aromatic heterocycles. The van der Waals surface area contributed by atoms with Crippen LogP contribution in [0.15, 0.2) is 11.6 Å². The lowest BCUT2D eigenvalue weighted by atomic mass is 10.3. The van der Waals surface area contributed by atoms with Crippen molar-refractivity contribution in [2.24, 2.45) is 0 Å². The molecule has 21 heavy (non-hydrogen) atoms. The molecule has 2 heterocycles. The van der Waals surface area contributed by atoms with Crippen molar-refractivity contribution in [2.45, 2.75) is 40.3 Å². The van der Waals surface area contributed by atoms with Crippen LogP contribution in [0.2, 0.25) is 0 Å². The van der Waals surface area contributed by atoms with Crippen molar-refractivity contribution in [1.29, 1.82) is 0 Å². The molecule has 0 aliphatic carbocycles. The summed E-state index contributed by atoms with van der Waals surface area (Å²) in [6.07, 6.45) is 1.84. The quantitative estimate of drug-likeness (QED) is 0.819. The summed E-state index contributed by atoms with van der Waals surface area (Å²) < 4.78 is 5.58. The Morgan fingerprint density at radius 3 is 2.81 bits per heavy atom. The number of hydrogen-bond acceptors (Lipinski definition) is 6. The first kappa shape index (κ1) is 15.9. The van der Waals surface area contributed by atoms with Crippen molar-refractivity contribution in [2.75, 3.05) is 18.6 Å². The molecule has 0 fully saturated rings. The lowest BCUT2D eigenvalue weighted by Crippen LogP contribution is -2.20. The molecule has 0 N–H and O–H groups in total. The molecule has 6 heteroatoms. The third-order valence-corrected chi connectivity index (χ3v) is 4.20. The van der Waals surface area contributed by atoms with Gasteiger partial charge in [-0.1, -0.05) is 0 Å². The van der Waals surface area contributed by atoms with Gasteiger partial charge in [-0.3, -0.25) is 4.98 Å². The molecule has 0 radical (unpaired) electrons. The SMILES string of the molecule is CCO[C@@H](C)c1nc(CN(C)c2nc(C)cnc2C)cs1. The molecule has 2 rings (SSSR count). The minimum atomic E-state index is 0.0551. The van der Waals surface area contributed by atoms with Gasteiger partial charge < -0.3 is 9.64 Å². The summed E-state index contributed by atoms with van der Waals surface area (Å²) in [7, 11) is 2.02. The Morgan fingerprint density at radius 1 is 1.33 bits per heavy atom. The zero-order valence-corrected chi connectivity index (χ0v) is 14.1. The standard InChI is InChI=1S/C15H22N4OS/c1-6-20-12(4)15-18-13(9-21-15)8-19(5)14-11(3)16-7-10(2)17-14/h7,9,12H,6,8H2,1-5H3/t12-/m0/s1. The fourth-order valence-electron chi connectivity index (χ4n) is 2.11. The molecule has 0 amide bonds. The summed E-state index contributed by atoms with van der Waals surface area (Å²) in [6.45, 7) is 9.38. The summed E-state index contributed by atoms with van der Waals surface area (Å²) in [5, 5.41) is 3.10. The maximum atomic E-state index is 5.58. The first-order valence-electron chi connectivity index (χ1n) is 7.08. The Morgan fingerprint density at radius 2 is 2.10 bits per heavy atom. The van der Waals surface area contributed by atoms with E-state index in [4.69, 9.17) is 4.74 Å². The Kier molecular flexibility index (Phi) is 5.25. The van der Waals surface area contributed by atoms with Gasteiger partial charge in [-0.25, -0.2) is 9.97 Å². The van der Waals surface area contributed by atoms with E-state index in [1.54, 1.807) is 17.5 Å². The third kappa shape index (κ3) is 3.98. The van der Waals surface area contributed by atoms with Crippen LogP contribution in [0, 0.1) is 13.8 Å². The number of rotatable bonds is 6. The highest BCUT2D eigenvalue weighted by Crippen LogP contribution is 2.23. The first-order chi connectivity index (χ1) is 10.0. The number of aromatic nitrogens is 3. The number of hydrogen-bond donors (Lipinski definition) is 0. The van der Waals surface area contributed by atoms with E-state index in [1.807, 2.05) is 34.7 Å². The van der Waals surface area contributed by atoms with E-state index in [-0.39, 0.29) is 6.10 Å². The van der Waals surface area contributed by atoms with Gasteiger partial charge in [-0.15, -0.1) is 11.3 Å². The molecule has 0 aliphatic rings. The summed E-state index contributed by atoms with van der Waals surface area (Å²) in [5.74, 6) is 0.905. The molecule has 0 unspecified atom stereocenters.